The first-order valence-corrected chi connectivity index (χ1v) is 7.44. The highest BCUT2D eigenvalue weighted by molar-refractivity contribution is 9.10. The second kappa shape index (κ2) is 5.50. The Morgan fingerprint density at radius 2 is 2.10 bits per heavy atom. The van der Waals surface area contributed by atoms with Crippen LogP contribution in [0.2, 0.25) is 0 Å². The monoisotopic (exact) mass is 346 g/mol. The topological polar surface area (TPSA) is 58.0 Å². The Hall–Kier alpha value is -1.85. The molecule has 5 heteroatoms. The average molecular weight is 347 g/mol. The lowest BCUT2D eigenvalue weighted by atomic mass is 9.95. The molecule has 0 spiro atoms. The number of benzene rings is 2. The molecule has 0 radical (unpaired) electrons. The van der Waals surface area contributed by atoms with Gasteiger partial charge in [0.1, 0.15) is 0 Å². The molecular weight excluding hydrogens is 332 g/mol. The van der Waals surface area contributed by atoms with E-state index >= 15 is 0 Å². The molecule has 0 aliphatic rings. The van der Waals surface area contributed by atoms with Crippen LogP contribution in [0.1, 0.15) is 22.7 Å². The van der Waals surface area contributed by atoms with E-state index < -0.39 is 5.76 Å². The molecule has 0 saturated heterocycles. The van der Waals surface area contributed by atoms with Gasteiger partial charge in [0.2, 0.25) is 0 Å². The molecule has 4 nitrogen and oxygen atoms in total. The van der Waals surface area contributed by atoms with Gasteiger partial charge in [-0.05, 0) is 48.9 Å². The summed E-state index contributed by atoms with van der Waals surface area (Å²) in [4.78, 5) is 13.9. The zero-order valence-corrected chi connectivity index (χ0v) is 13.3. The fourth-order valence-electron chi connectivity index (χ4n) is 2.58. The van der Waals surface area contributed by atoms with E-state index in [1.165, 1.54) is 11.1 Å². The van der Waals surface area contributed by atoms with Crippen LogP contribution in [0.15, 0.2) is 50.1 Å². The third-order valence-electron chi connectivity index (χ3n) is 3.69. The van der Waals surface area contributed by atoms with Crippen molar-refractivity contribution in [2.45, 2.75) is 13.0 Å². The standard InChI is InChI=1S/C16H15BrN2O2/c1-9-11(4-3-5-12(9)17)15(18-2)10-6-7-13-14(8-10)21-16(20)19-13/h3-8,15,18H,1-2H3,(H,19,20). The Morgan fingerprint density at radius 3 is 2.86 bits per heavy atom. The van der Waals surface area contributed by atoms with Crippen LogP contribution >= 0.6 is 15.9 Å². The van der Waals surface area contributed by atoms with E-state index in [2.05, 4.69) is 39.2 Å². The molecule has 1 atom stereocenters. The van der Waals surface area contributed by atoms with Gasteiger partial charge in [0.25, 0.3) is 0 Å². The summed E-state index contributed by atoms with van der Waals surface area (Å²) in [5, 5.41) is 3.32. The van der Waals surface area contributed by atoms with Crippen LogP contribution in [-0.2, 0) is 0 Å². The third kappa shape index (κ3) is 2.54. The van der Waals surface area contributed by atoms with Gasteiger partial charge in [-0.1, -0.05) is 34.1 Å². The van der Waals surface area contributed by atoms with E-state index in [1.54, 1.807) is 0 Å². The summed E-state index contributed by atoms with van der Waals surface area (Å²) in [5.74, 6) is -0.429. The van der Waals surface area contributed by atoms with Gasteiger partial charge in [-0.3, -0.25) is 4.98 Å². The first kappa shape index (κ1) is 14.1. The summed E-state index contributed by atoms with van der Waals surface area (Å²) < 4.78 is 6.22. The van der Waals surface area contributed by atoms with Gasteiger partial charge in [-0.25, -0.2) is 4.79 Å². The molecule has 3 rings (SSSR count). The third-order valence-corrected chi connectivity index (χ3v) is 4.55. The summed E-state index contributed by atoms with van der Waals surface area (Å²) in [6, 6.07) is 11.9. The van der Waals surface area contributed by atoms with Crippen molar-refractivity contribution in [1.82, 2.24) is 10.3 Å². The van der Waals surface area contributed by atoms with Crippen molar-refractivity contribution in [1.29, 1.82) is 0 Å². The Morgan fingerprint density at radius 1 is 1.29 bits per heavy atom. The molecule has 0 bridgehead atoms. The molecule has 0 aliphatic carbocycles. The fourth-order valence-corrected chi connectivity index (χ4v) is 2.96. The largest absolute Gasteiger partial charge is 0.417 e. The van der Waals surface area contributed by atoms with Crippen LogP contribution in [0.3, 0.4) is 0 Å². The zero-order chi connectivity index (χ0) is 15.0. The molecule has 0 fully saturated rings. The maximum absolute atomic E-state index is 11.3. The molecule has 0 aliphatic heterocycles. The molecule has 3 aromatic rings. The molecule has 0 amide bonds. The second-order valence-corrected chi connectivity index (χ2v) is 5.80. The lowest BCUT2D eigenvalue weighted by molar-refractivity contribution is 0.554. The van der Waals surface area contributed by atoms with Crippen LogP contribution < -0.4 is 11.1 Å². The van der Waals surface area contributed by atoms with Crippen molar-refractivity contribution in [3.63, 3.8) is 0 Å². The van der Waals surface area contributed by atoms with E-state index in [4.69, 9.17) is 4.42 Å². The molecule has 0 saturated carbocycles. The highest BCUT2D eigenvalue weighted by Gasteiger charge is 2.16. The summed E-state index contributed by atoms with van der Waals surface area (Å²) in [6.45, 7) is 2.08. The molecule has 21 heavy (non-hydrogen) atoms. The Bertz CT molecular complexity index is 851. The molecule has 2 aromatic carbocycles. The minimum atomic E-state index is -0.429. The van der Waals surface area contributed by atoms with E-state index in [1.807, 2.05) is 37.4 Å². The van der Waals surface area contributed by atoms with Crippen molar-refractivity contribution in [2.75, 3.05) is 7.05 Å². The number of nitrogens with one attached hydrogen (secondary N) is 2. The Labute approximate surface area is 130 Å². The summed E-state index contributed by atoms with van der Waals surface area (Å²) in [5.41, 5.74) is 4.71. The van der Waals surface area contributed by atoms with Gasteiger partial charge in [-0.2, -0.15) is 0 Å². The zero-order valence-electron chi connectivity index (χ0n) is 11.7. The second-order valence-electron chi connectivity index (χ2n) is 4.95. The minimum Gasteiger partial charge on any atom is -0.408 e. The molecule has 2 N–H and O–H groups in total. The predicted molar refractivity (Wildman–Crippen MR) is 86.6 cm³/mol. The Kier molecular flexibility index (Phi) is 3.69. The van der Waals surface area contributed by atoms with E-state index in [9.17, 15) is 4.79 Å². The predicted octanol–water partition coefficient (Wildman–Crippen LogP) is 3.50. The number of rotatable bonds is 3. The smallest absolute Gasteiger partial charge is 0.408 e. The molecule has 1 unspecified atom stereocenters. The van der Waals surface area contributed by atoms with Crippen LogP contribution in [-0.4, -0.2) is 12.0 Å². The summed E-state index contributed by atoms with van der Waals surface area (Å²) in [6.07, 6.45) is 0. The lowest BCUT2D eigenvalue weighted by Gasteiger charge is -2.20. The summed E-state index contributed by atoms with van der Waals surface area (Å²) in [7, 11) is 1.92. The van der Waals surface area contributed by atoms with Gasteiger partial charge in [0.05, 0.1) is 11.6 Å². The van der Waals surface area contributed by atoms with Crippen LogP contribution in [0.25, 0.3) is 11.1 Å². The van der Waals surface area contributed by atoms with E-state index in [-0.39, 0.29) is 6.04 Å². The van der Waals surface area contributed by atoms with Crippen LogP contribution in [0, 0.1) is 6.92 Å². The fraction of sp³-hybridized carbons (Fsp3) is 0.188. The number of oxazole rings is 1. The quantitative estimate of drug-likeness (QED) is 0.762. The summed E-state index contributed by atoms with van der Waals surface area (Å²) >= 11 is 3.57. The number of hydrogen-bond donors (Lipinski definition) is 2. The van der Waals surface area contributed by atoms with Crippen molar-refractivity contribution in [3.05, 3.63) is 68.1 Å². The SMILES string of the molecule is CNC(c1ccc2[nH]c(=O)oc2c1)c1cccc(Br)c1C. The first-order chi connectivity index (χ1) is 10.1. The molecule has 1 aromatic heterocycles. The van der Waals surface area contributed by atoms with Gasteiger partial charge in [0, 0.05) is 4.47 Å². The van der Waals surface area contributed by atoms with Crippen LogP contribution in [0.5, 0.6) is 0 Å². The highest BCUT2D eigenvalue weighted by Crippen LogP contribution is 2.30. The van der Waals surface area contributed by atoms with Crippen LogP contribution in [0.4, 0.5) is 0 Å². The number of aromatic amines is 1. The van der Waals surface area contributed by atoms with Crippen molar-refractivity contribution >= 4 is 27.0 Å². The first-order valence-electron chi connectivity index (χ1n) is 6.65. The average Bonchev–Trinajstić information content (AvgIpc) is 2.83. The van der Waals surface area contributed by atoms with Gasteiger partial charge in [0.15, 0.2) is 5.58 Å². The van der Waals surface area contributed by atoms with Gasteiger partial charge >= 0.3 is 5.76 Å². The molecular formula is C16H15BrN2O2. The number of aromatic nitrogens is 1. The Balaban J connectivity index is 2.13. The van der Waals surface area contributed by atoms with Crippen molar-refractivity contribution in [3.8, 4) is 0 Å². The van der Waals surface area contributed by atoms with E-state index in [0.717, 1.165) is 10.0 Å². The minimum absolute atomic E-state index is 0.0344. The molecule has 1 heterocycles. The van der Waals surface area contributed by atoms with Crippen molar-refractivity contribution < 1.29 is 4.42 Å². The maximum atomic E-state index is 11.3. The number of halogens is 1. The van der Waals surface area contributed by atoms with Gasteiger partial charge in [-0.15, -0.1) is 0 Å². The number of H-pyrrole nitrogens is 1. The number of hydrogen-bond acceptors (Lipinski definition) is 3. The molecule has 108 valence electrons. The van der Waals surface area contributed by atoms with Gasteiger partial charge < -0.3 is 9.73 Å². The highest BCUT2D eigenvalue weighted by atomic mass is 79.9. The van der Waals surface area contributed by atoms with Crippen molar-refractivity contribution in [2.24, 2.45) is 0 Å². The maximum Gasteiger partial charge on any atom is 0.417 e. The normalized spacial score (nSPS) is 12.7. The van der Waals surface area contributed by atoms with E-state index in [0.29, 0.717) is 11.1 Å². The lowest BCUT2D eigenvalue weighted by Crippen LogP contribution is -2.18. The number of fused-ring (bicyclic) bond motifs is 1.